The minimum absolute atomic E-state index is 0.204. The molecule has 0 unspecified atom stereocenters. The second-order valence-electron chi connectivity index (χ2n) is 5.88. The maximum atomic E-state index is 12.5. The summed E-state index contributed by atoms with van der Waals surface area (Å²) < 4.78 is 9.72. The molecular weight excluding hydrogens is 360 g/mol. The molecule has 2 N–H and O–H groups in total. The Morgan fingerprint density at radius 1 is 0.929 bits per heavy atom. The number of carbonyl (C=O) groups is 3. The molecule has 0 aromatic heterocycles. The highest BCUT2D eigenvalue weighted by molar-refractivity contribution is 6.04. The second-order valence-corrected chi connectivity index (χ2v) is 5.88. The van der Waals surface area contributed by atoms with Crippen LogP contribution in [-0.4, -0.2) is 44.1 Å². The van der Waals surface area contributed by atoms with Crippen molar-refractivity contribution in [1.82, 2.24) is 5.32 Å². The Hall–Kier alpha value is -3.19. The van der Waals surface area contributed by atoms with Gasteiger partial charge >= 0.3 is 5.97 Å². The number of hydrogen-bond acceptors (Lipinski definition) is 5. The van der Waals surface area contributed by atoms with Gasteiger partial charge in [-0.15, -0.1) is 0 Å². The standard InChI is InChI=1S/C21H24N2O5/c1-2-27-15-20(25)28-14-19(24)23-18-11-7-6-10-17(18)21(26)22-13-12-16-8-4-3-5-9-16/h3-11H,2,12-15H2,1H3,(H,22,26)(H,23,24). The number of esters is 1. The van der Waals surface area contributed by atoms with E-state index in [1.807, 2.05) is 30.3 Å². The number of hydrogen-bond donors (Lipinski definition) is 2. The first kappa shape index (κ1) is 21.1. The van der Waals surface area contributed by atoms with Crippen molar-refractivity contribution < 1.29 is 23.9 Å². The van der Waals surface area contributed by atoms with Gasteiger partial charge in [-0.25, -0.2) is 4.79 Å². The summed E-state index contributed by atoms with van der Waals surface area (Å²) in [5, 5.41) is 5.44. The van der Waals surface area contributed by atoms with Crippen molar-refractivity contribution in [3.8, 4) is 0 Å². The predicted octanol–water partition coefficient (Wildman–Crippen LogP) is 2.18. The molecule has 7 nitrogen and oxygen atoms in total. The fraction of sp³-hybridized carbons (Fsp3) is 0.286. The molecule has 2 amide bonds. The fourth-order valence-corrected chi connectivity index (χ4v) is 2.41. The molecule has 7 heteroatoms. The SMILES string of the molecule is CCOCC(=O)OCC(=O)Nc1ccccc1C(=O)NCCc1ccccc1. The van der Waals surface area contributed by atoms with Gasteiger partial charge in [-0.3, -0.25) is 9.59 Å². The van der Waals surface area contributed by atoms with Crippen LogP contribution in [0.4, 0.5) is 5.69 Å². The van der Waals surface area contributed by atoms with E-state index in [2.05, 4.69) is 10.6 Å². The highest BCUT2D eigenvalue weighted by Crippen LogP contribution is 2.15. The van der Waals surface area contributed by atoms with Gasteiger partial charge in [0.2, 0.25) is 0 Å². The quantitative estimate of drug-likeness (QED) is 0.613. The van der Waals surface area contributed by atoms with Crippen LogP contribution in [0.2, 0.25) is 0 Å². The Kier molecular flexibility index (Phi) is 8.68. The largest absolute Gasteiger partial charge is 0.454 e. The van der Waals surface area contributed by atoms with Crippen LogP contribution in [0.5, 0.6) is 0 Å². The zero-order chi connectivity index (χ0) is 20.2. The summed E-state index contributed by atoms with van der Waals surface area (Å²) in [7, 11) is 0. The Balaban J connectivity index is 1.86. The van der Waals surface area contributed by atoms with E-state index in [1.54, 1.807) is 31.2 Å². The topological polar surface area (TPSA) is 93.7 Å². The fourth-order valence-electron chi connectivity index (χ4n) is 2.41. The summed E-state index contributed by atoms with van der Waals surface area (Å²) in [6, 6.07) is 16.5. The summed E-state index contributed by atoms with van der Waals surface area (Å²) in [4.78, 5) is 35.8. The van der Waals surface area contributed by atoms with Crippen LogP contribution in [0.1, 0.15) is 22.8 Å². The molecule has 0 bridgehead atoms. The average molecular weight is 384 g/mol. The minimum Gasteiger partial charge on any atom is -0.454 e. The number of amides is 2. The van der Waals surface area contributed by atoms with Crippen molar-refractivity contribution in [1.29, 1.82) is 0 Å². The van der Waals surface area contributed by atoms with E-state index in [0.29, 0.717) is 30.8 Å². The Morgan fingerprint density at radius 3 is 2.39 bits per heavy atom. The maximum Gasteiger partial charge on any atom is 0.332 e. The lowest BCUT2D eigenvalue weighted by molar-refractivity contribution is -0.151. The van der Waals surface area contributed by atoms with Gasteiger partial charge in [-0.1, -0.05) is 42.5 Å². The lowest BCUT2D eigenvalue weighted by atomic mass is 10.1. The van der Waals surface area contributed by atoms with Crippen molar-refractivity contribution in [2.75, 3.05) is 31.7 Å². The van der Waals surface area contributed by atoms with E-state index in [9.17, 15) is 14.4 Å². The van der Waals surface area contributed by atoms with Gasteiger partial charge in [0, 0.05) is 13.2 Å². The average Bonchev–Trinajstić information content (AvgIpc) is 2.71. The minimum atomic E-state index is -0.621. The number of benzene rings is 2. The van der Waals surface area contributed by atoms with Gasteiger partial charge in [-0.2, -0.15) is 0 Å². The Labute approximate surface area is 164 Å². The second kappa shape index (κ2) is 11.5. The molecular formula is C21H24N2O5. The predicted molar refractivity (Wildman–Crippen MR) is 105 cm³/mol. The van der Waals surface area contributed by atoms with Gasteiger partial charge in [0.15, 0.2) is 6.61 Å². The Morgan fingerprint density at radius 2 is 1.64 bits per heavy atom. The monoisotopic (exact) mass is 384 g/mol. The smallest absolute Gasteiger partial charge is 0.332 e. The third-order valence-corrected chi connectivity index (χ3v) is 3.78. The molecule has 0 aliphatic carbocycles. The molecule has 2 rings (SSSR count). The van der Waals surface area contributed by atoms with Crippen LogP contribution in [-0.2, 0) is 25.5 Å². The molecule has 0 spiro atoms. The summed E-state index contributed by atoms with van der Waals surface area (Å²) in [6.07, 6.45) is 0.705. The normalized spacial score (nSPS) is 10.2. The first-order valence-electron chi connectivity index (χ1n) is 9.04. The molecule has 148 valence electrons. The van der Waals surface area contributed by atoms with Crippen molar-refractivity contribution in [3.63, 3.8) is 0 Å². The van der Waals surface area contributed by atoms with Crippen LogP contribution in [0, 0.1) is 0 Å². The molecule has 28 heavy (non-hydrogen) atoms. The number of nitrogens with one attached hydrogen (secondary N) is 2. The summed E-state index contributed by atoms with van der Waals surface area (Å²) in [5.41, 5.74) is 1.81. The molecule has 2 aromatic carbocycles. The molecule has 2 aromatic rings. The Bertz CT molecular complexity index is 792. The molecule has 0 saturated carbocycles. The van der Waals surface area contributed by atoms with E-state index in [0.717, 1.165) is 5.56 Å². The maximum absolute atomic E-state index is 12.5. The van der Waals surface area contributed by atoms with Crippen LogP contribution in [0.15, 0.2) is 54.6 Å². The number of rotatable bonds is 10. The number of para-hydroxylation sites is 1. The molecule has 0 fully saturated rings. The summed E-state index contributed by atoms with van der Waals surface area (Å²) >= 11 is 0. The van der Waals surface area contributed by atoms with E-state index in [1.165, 1.54) is 0 Å². The molecule has 0 radical (unpaired) electrons. The molecule has 0 saturated heterocycles. The van der Waals surface area contributed by atoms with Gasteiger partial charge in [0.25, 0.3) is 11.8 Å². The zero-order valence-corrected chi connectivity index (χ0v) is 15.8. The third-order valence-electron chi connectivity index (χ3n) is 3.78. The van der Waals surface area contributed by atoms with Crippen LogP contribution < -0.4 is 10.6 Å². The lowest BCUT2D eigenvalue weighted by Crippen LogP contribution is -2.28. The van der Waals surface area contributed by atoms with Gasteiger partial charge in [0.1, 0.15) is 6.61 Å². The first-order chi connectivity index (χ1) is 13.6. The van der Waals surface area contributed by atoms with Crippen LogP contribution in [0.3, 0.4) is 0 Å². The molecule has 0 heterocycles. The van der Waals surface area contributed by atoms with Gasteiger partial charge in [0.05, 0.1) is 11.3 Å². The zero-order valence-electron chi connectivity index (χ0n) is 15.8. The number of ether oxygens (including phenoxy) is 2. The third kappa shape index (κ3) is 7.20. The van der Waals surface area contributed by atoms with E-state index in [4.69, 9.17) is 9.47 Å². The van der Waals surface area contributed by atoms with E-state index < -0.39 is 18.5 Å². The van der Waals surface area contributed by atoms with Gasteiger partial charge < -0.3 is 20.1 Å². The van der Waals surface area contributed by atoms with Crippen molar-refractivity contribution in [2.45, 2.75) is 13.3 Å². The highest BCUT2D eigenvalue weighted by Gasteiger charge is 2.14. The molecule has 0 aliphatic rings. The summed E-state index contributed by atoms with van der Waals surface area (Å²) in [6.45, 7) is 1.95. The van der Waals surface area contributed by atoms with Crippen molar-refractivity contribution in [2.24, 2.45) is 0 Å². The number of carbonyl (C=O) groups excluding carboxylic acids is 3. The molecule has 0 atom stereocenters. The van der Waals surface area contributed by atoms with Crippen molar-refractivity contribution >= 4 is 23.5 Å². The highest BCUT2D eigenvalue weighted by atomic mass is 16.6. The van der Waals surface area contributed by atoms with E-state index in [-0.39, 0.29) is 12.5 Å². The van der Waals surface area contributed by atoms with Crippen molar-refractivity contribution in [3.05, 3.63) is 65.7 Å². The first-order valence-corrected chi connectivity index (χ1v) is 9.04. The summed E-state index contributed by atoms with van der Waals surface area (Å²) in [5.74, 6) is -1.45. The van der Waals surface area contributed by atoms with Crippen LogP contribution in [0.25, 0.3) is 0 Å². The van der Waals surface area contributed by atoms with Crippen LogP contribution >= 0.6 is 0 Å². The van der Waals surface area contributed by atoms with E-state index >= 15 is 0 Å². The number of anilines is 1. The lowest BCUT2D eigenvalue weighted by Gasteiger charge is -2.12. The van der Waals surface area contributed by atoms with Gasteiger partial charge in [-0.05, 0) is 31.0 Å². The molecule has 0 aliphatic heterocycles.